The number of aromatic nitrogens is 3. The van der Waals surface area contributed by atoms with E-state index in [1.54, 1.807) is 18.3 Å². The second-order valence-corrected chi connectivity index (χ2v) is 14.2. The van der Waals surface area contributed by atoms with E-state index in [0.717, 1.165) is 99.6 Å². The molecule has 0 atom stereocenters. The van der Waals surface area contributed by atoms with Crippen molar-refractivity contribution in [3.05, 3.63) is 188 Å². The minimum absolute atomic E-state index is 0.304. The summed E-state index contributed by atoms with van der Waals surface area (Å²) in [6, 6.07) is 56.1. The number of hydrogen-bond acceptors (Lipinski definition) is 5. The molecule has 0 spiro atoms. The van der Waals surface area contributed by atoms with Crippen LogP contribution in [0.2, 0.25) is 0 Å². The van der Waals surface area contributed by atoms with Crippen LogP contribution in [0.1, 0.15) is 0 Å². The van der Waals surface area contributed by atoms with E-state index in [9.17, 15) is 4.39 Å². The molecule has 0 unspecified atom stereocenters. The second-order valence-electron chi connectivity index (χ2n) is 14.2. The molecule has 7 aromatic carbocycles. The molecular weight excluding hydrogens is 706 g/mol. The summed E-state index contributed by atoms with van der Waals surface area (Å²) in [6.45, 7) is 0. The van der Waals surface area contributed by atoms with Crippen molar-refractivity contribution in [2.75, 3.05) is 0 Å². The fraction of sp³-hybridized carbons (Fsp3) is 0. The first kappa shape index (κ1) is 32.7. The van der Waals surface area contributed by atoms with Crippen molar-refractivity contribution in [3.63, 3.8) is 0 Å². The monoisotopic (exact) mass is 735 g/mol. The zero-order valence-electron chi connectivity index (χ0n) is 30.4. The highest BCUT2D eigenvalue weighted by atomic mass is 19.1. The molecule has 4 heterocycles. The van der Waals surface area contributed by atoms with Gasteiger partial charge in [0.15, 0.2) is 5.82 Å². The van der Waals surface area contributed by atoms with Gasteiger partial charge in [-0.2, -0.15) is 0 Å². The number of para-hydroxylation sites is 2. The Morgan fingerprint density at radius 3 is 1.40 bits per heavy atom. The number of halogens is 1. The lowest BCUT2D eigenvalue weighted by atomic mass is 9.94. The van der Waals surface area contributed by atoms with Crippen LogP contribution in [-0.2, 0) is 0 Å². The van der Waals surface area contributed by atoms with Crippen LogP contribution in [0.4, 0.5) is 4.39 Å². The summed E-state index contributed by atoms with van der Waals surface area (Å²) in [5.41, 5.74) is 13.6. The Morgan fingerprint density at radius 2 is 0.842 bits per heavy atom. The molecule has 11 aromatic rings. The standard InChI is InChI=1S/C51H30FN3O2/c52-40-19-15-33(16-20-40)46-29-45(32-13-11-31(12-14-32)36-6-5-23-53-30-36)54-51(55-46)39-25-37(34-17-21-49-43(27-34)41-7-1-3-9-47(41)56-49)24-38(26-39)35-18-22-50-44(28-35)42-8-2-4-10-48(42)57-50/h1-30H. The van der Waals surface area contributed by atoms with Crippen molar-refractivity contribution < 1.29 is 13.2 Å². The van der Waals surface area contributed by atoms with Gasteiger partial charge in [0.25, 0.3) is 0 Å². The summed E-state index contributed by atoms with van der Waals surface area (Å²) in [7, 11) is 0. The molecule has 0 saturated carbocycles. The van der Waals surface area contributed by atoms with Crippen LogP contribution in [0.15, 0.2) is 191 Å². The molecular formula is C51H30FN3O2. The van der Waals surface area contributed by atoms with Gasteiger partial charge in [-0.3, -0.25) is 4.98 Å². The van der Waals surface area contributed by atoms with Crippen LogP contribution >= 0.6 is 0 Å². The lowest BCUT2D eigenvalue weighted by Crippen LogP contribution is -1.97. The Hall–Kier alpha value is -7.70. The van der Waals surface area contributed by atoms with E-state index in [1.807, 2.05) is 72.9 Å². The van der Waals surface area contributed by atoms with Gasteiger partial charge in [0, 0.05) is 50.6 Å². The average Bonchev–Trinajstić information content (AvgIpc) is 3.84. The molecule has 0 aliphatic heterocycles. The first-order valence-electron chi connectivity index (χ1n) is 18.7. The lowest BCUT2D eigenvalue weighted by Gasteiger charge is -2.13. The SMILES string of the molecule is Fc1ccc(-c2cc(-c3ccc(-c4cccnc4)cc3)nc(-c3cc(-c4ccc5oc6ccccc6c5c4)cc(-c4ccc5oc6ccccc6c5c4)c3)n2)cc1. The molecule has 268 valence electrons. The van der Waals surface area contributed by atoms with Crippen LogP contribution in [0.3, 0.4) is 0 Å². The number of benzene rings is 7. The number of nitrogens with zero attached hydrogens (tertiary/aromatic N) is 3. The maximum Gasteiger partial charge on any atom is 0.160 e. The zero-order valence-corrected chi connectivity index (χ0v) is 30.4. The average molecular weight is 736 g/mol. The van der Waals surface area contributed by atoms with Crippen LogP contribution < -0.4 is 0 Å². The summed E-state index contributed by atoms with van der Waals surface area (Å²) in [4.78, 5) is 14.7. The maximum absolute atomic E-state index is 14.2. The van der Waals surface area contributed by atoms with Gasteiger partial charge >= 0.3 is 0 Å². The van der Waals surface area contributed by atoms with Crippen molar-refractivity contribution in [1.82, 2.24) is 15.0 Å². The van der Waals surface area contributed by atoms with Gasteiger partial charge in [0.05, 0.1) is 11.4 Å². The molecule has 11 rings (SSSR count). The fourth-order valence-electron chi connectivity index (χ4n) is 7.76. The third kappa shape index (κ3) is 5.92. The third-order valence-corrected chi connectivity index (χ3v) is 10.7. The molecule has 0 aliphatic carbocycles. The van der Waals surface area contributed by atoms with E-state index < -0.39 is 0 Å². The van der Waals surface area contributed by atoms with E-state index >= 15 is 0 Å². The van der Waals surface area contributed by atoms with E-state index in [0.29, 0.717) is 11.5 Å². The van der Waals surface area contributed by atoms with Gasteiger partial charge in [-0.15, -0.1) is 0 Å². The maximum atomic E-state index is 14.2. The summed E-state index contributed by atoms with van der Waals surface area (Å²) in [5.74, 6) is 0.247. The number of hydrogen-bond donors (Lipinski definition) is 0. The second kappa shape index (κ2) is 13.3. The van der Waals surface area contributed by atoms with E-state index in [2.05, 4.69) is 83.8 Å². The predicted molar refractivity (Wildman–Crippen MR) is 227 cm³/mol. The van der Waals surface area contributed by atoms with Crippen molar-refractivity contribution in [3.8, 4) is 67.3 Å². The van der Waals surface area contributed by atoms with Crippen molar-refractivity contribution >= 4 is 43.9 Å². The highest BCUT2D eigenvalue weighted by molar-refractivity contribution is 6.07. The van der Waals surface area contributed by atoms with Gasteiger partial charge in [0.2, 0.25) is 0 Å². The molecule has 4 aromatic heterocycles. The van der Waals surface area contributed by atoms with E-state index in [-0.39, 0.29) is 5.82 Å². The molecule has 0 radical (unpaired) electrons. The van der Waals surface area contributed by atoms with Crippen molar-refractivity contribution in [2.24, 2.45) is 0 Å². The van der Waals surface area contributed by atoms with Gasteiger partial charge in [-0.25, -0.2) is 14.4 Å². The summed E-state index contributed by atoms with van der Waals surface area (Å²) in [6.07, 6.45) is 3.63. The van der Waals surface area contributed by atoms with Crippen LogP contribution in [0, 0.1) is 5.82 Å². The normalized spacial score (nSPS) is 11.6. The Balaban J connectivity index is 1.12. The molecule has 5 nitrogen and oxygen atoms in total. The van der Waals surface area contributed by atoms with Gasteiger partial charge in [-0.1, -0.05) is 78.9 Å². The lowest BCUT2D eigenvalue weighted by molar-refractivity contribution is 0.628. The zero-order chi connectivity index (χ0) is 37.9. The number of rotatable bonds is 6. The fourth-order valence-corrected chi connectivity index (χ4v) is 7.76. The molecule has 6 heteroatoms. The molecule has 0 bridgehead atoms. The third-order valence-electron chi connectivity index (χ3n) is 10.7. The van der Waals surface area contributed by atoms with Gasteiger partial charge in [-0.05, 0) is 124 Å². The first-order chi connectivity index (χ1) is 28.1. The summed E-state index contributed by atoms with van der Waals surface area (Å²) >= 11 is 0. The minimum atomic E-state index is -0.304. The van der Waals surface area contributed by atoms with Crippen molar-refractivity contribution in [2.45, 2.75) is 0 Å². The largest absolute Gasteiger partial charge is 0.456 e. The highest BCUT2D eigenvalue weighted by Gasteiger charge is 2.17. The van der Waals surface area contributed by atoms with Gasteiger partial charge < -0.3 is 8.83 Å². The van der Waals surface area contributed by atoms with Crippen molar-refractivity contribution in [1.29, 1.82) is 0 Å². The number of pyridine rings is 1. The molecule has 57 heavy (non-hydrogen) atoms. The van der Waals surface area contributed by atoms with Crippen LogP contribution in [0.25, 0.3) is 111 Å². The first-order valence-corrected chi connectivity index (χ1v) is 18.7. The Morgan fingerprint density at radius 1 is 0.351 bits per heavy atom. The van der Waals surface area contributed by atoms with E-state index in [1.165, 1.54) is 12.1 Å². The van der Waals surface area contributed by atoms with Crippen LogP contribution in [-0.4, -0.2) is 15.0 Å². The molecule has 0 N–H and O–H groups in total. The predicted octanol–water partition coefficient (Wildman–Crippen LogP) is 13.8. The van der Waals surface area contributed by atoms with Gasteiger partial charge in [0.1, 0.15) is 28.1 Å². The number of fused-ring (bicyclic) bond motifs is 6. The smallest absolute Gasteiger partial charge is 0.160 e. The molecule has 0 fully saturated rings. The molecule has 0 aliphatic rings. The Kier molecular flexibility index (Phi) is 7.60. The van der Waals surface area contributed by atoms with Crippen LogP contribution in [0.5, 0.6) is 0 Å². The molecule has 0 saturated heterocycles. The highest BCUT2D eigenvalue weighted by Crippen LogP contribution is 2.39. The number of furan rings is 2. The topological polar surface area (TPSA) is 65.0 Å². The Labute approximate surface area is 326 Å². The molecule has 0 amide bonds. The minimum Gasteiger partial charge on any atom is -0.456 e. The Bertz CT molecular complexity index is 3160. The quantitative estimate of drug-likeness (QED) is 0.170. The van der Waals surface area contributed by atoms with E-state index in [4.69, 9.17) is 18.8 Å². The summed E-state index contributed by atoms with van der Waals surface area (Å²) < 4.78 is 26.5. The summed E-state index contributed by atoms with van der Waals surface area (Å²) in [5, 5.41) is 4.23.